The van der Waals surface area contributed by atoms with Crippen molar-refractivity contribution in [2.75, 3.05) is 13.1 Å². The van der Waals surface area contributed by atoms with Gasteiger partial charge >= 0.3 is 0 Å². The highest BCUT2D eigenvalue weighted by Crippen LogP contribution is 2.31. The molecule has 156 valence electrons. The second-order valence-corrected chi connectivity index (χ2v) is 8.48. The number of fused-ring (bicyclic) bond motifs is 1. The van der Waals surface area contributed by atoms with E-state index < -0.39 is 0 Å². The standard InChI is InChI=1S/C27H27N3O/c1-19-15-22(20-7-3-2-4-8-20)16-26(29-19)21-11-13-30(14-12-21)27(31)17-23-18-28-25-10-6-5-9-24(23)25/h2-10,15-16,18,21,28H,11-14,17H2,1H3. The van der Waals surface area contributed by atoms with Crippen LogP contribution in [-0.2, 0) is 11.2 Å². The summed E-state index contributed by atoms with van der Waals surface area (Å²) in [5.74, 6) is 0.616. The first-order valence-corrected chi connectivity index (χ1v) is 11.0. The lowest BCUT2D eigenvalue weighted by atomic mass is 9.91. The summed E-state index contributed by atoms with van der Waals surface area (Å²) in [7, 11) is 0. The van der Waals surface area contributed by atoms with E-state index >= 15 is 0 Å². The maximum Gasteiger partial charge on any atom is 0.227 e. The van der Waals surface area contributed by atoms with Crippen molar-refractivity contribution in [1.82, 2.24) is 14.9 Å². The van der Waals surface area contributed by atoms with Gasteiger partial charge in [0, 0.05) is 47.5 Å². The normalized spacial score (nSPS) is 14.8. The first-order chi connectivity index (χ1) is 15.2. The van der Waals surface area contributed by atoms with Crippen LogP contribution in [0.4, 0.5) is 0 Å². The van der Waals surface area contributed by atoms with E-state index in [9.17, 15) is 4.79 Å². The smallest absolute Gasteiger partial charge is 0.227 e. The molecule has 1 saturated heterocycles. The minimum Gasteiger partial charge on any atom is -0.361 e. The van der Waals surface area contributed by atoms with Gasteiger partial charge in [0.05, 0.1) is 6.42 Å². The number of carbonyl (C=O) groups excluding carboxylic acids is 1. The van der Waals surface area contributed by atoms with Crippen molar-refractivity contribution in [3.8, 4) is 11.1 Å². The number of aromatic nitrogens is 2. The lowest BCUT2D eigenvalue weighted by Gasteiger charge is -2.32. The van der Waals surface area contributed by atoms with E-state index in [-0.39, 0.29) is 5.91 Å². The van der Waals surface area contributed by atoms with Crippen molar-refractivity contribution in [3.05, 3.63) is 89.9 Å². The predicted molar refractivity (Wildman–Crippen MR) is 125 cm³/mol. The van der Waals surface area contributed by atoms with E-state index in [0.717, 1.165) is 53.8 Å². The second kappa shape index (κ2) is 8.38. The molecule has 3 heterocycles. The lowest BCUT2D eigenvalue weighted by Crippen LogP contribution is -2.38. The van der Waals surface area contributed by atoms with Crippen LogP contribution in [0.5, 0.6) is 0 Å². The highest BCUT2D eigenvalue weighted by Gasteiger charge is 2.25. The fourth-order valence-corrected chi connectivity index (χ4v) is 4.68. The number of hydrogen-bond acceptors (Lipinski definition) is 2. The van der Waals surface area contributed by atoms with E-state index in [4.69, 9.17) is 4.98 Å². The van der Waals surface area contributed by atoms with Crippen LogP contribution in [0.2, 0.25) is 0 Å². The number of para-hydroxylation sites is 1. The Morgan fingerprint density at radius 2 is 1.74 bits per heavy atom. The van der Waals surface area contributed by atoms with Gasteiger partial charge in [-0.1, -0.05) is 48.5 Å². The van der Waals surface area contributed by atoms with Gasteiger partial charge in [0.15, 0.2) is 0 Å². The highest BCUT2D eigenvalue weighted by molar-refractivity contribution is 5.88. The minimum absolute atomic E-state index is 0.213. The molecule has 4 nitrogen and oxygen atoms in total. The van der Waals surface area contributed by atoms with Crippen molar-refractivity contribution in [2.24, 2.45) is 0 Å². The number of pyridine rings is 1. The number of amides is 1. The van der Waals surface area contributed by atoms with Gasteiger partial charge in [-0.15, -0.1) is 0 Å². The maximum absolute atomic E-state index is 12.9. The number of carbonyl (C=O) groups is 1. The maximum atomic E-state index is 12.9. The van der Waals surface area contributed by atoms with Crippen molar-refractivity contribution in [3.63, 3.8) is 0 Å². The number of likely N-dealkylation sites (tertiary alicyclic amines) is 1. The Kier molecular flexibility index (Phi) is 5.29. The van der Waals surface area contributed by atoms with Crippen molar-refractivity contribution in [2.45, 2.75) is 32.1 Å². The van der Waals surface area contributed by atoms with Gasteiger partial charge in [-0.2, -0.15) is 0 Å². The van der Waals surface area contributed by atoms with Gasteiger partial charge in [-0.05, 0) is 54.7 Å². The SMILES string of the molecule is Cc1cc(-c2ccccc2)cc(C2CCN(C(=O)Cc3c[nH]c4ccccc34)CC2)n1. The van der Waals surface area contributed by atoms with Crippen LogP contribution in [0.15, 0.2) is 72.9 Å². The van der Waals surface area contributed by atoms with E-state index in [0.29, 0.717) is 12.3 Å². The number of rotatable bonds is 4. The molecule has 5 rings (SSSR count). The largest absolute Gasteiger partial charge is 0.361 e. The van der Waals surface area contributed by atoms with Gasteiger partial charge in [0.25, 0.3) is 0 Å². The molecular formula is C27H27N3O. The third-order valence-corrected chi connectivity index (χ3v) is 6.36. The zero-order valence-corrected chi connectivity index (χ0v) is 17.8. The number of nitrogens with zero attached hydrogens (tertiary/aromatic N) is 2. The average Bonchev–Trinajstić information content (AvgIpc) is 3.22. The summed E-state index contributed by atoms with van der Waals surface area (Å²) in [6, 6.07) is 23.0. The lowest BCUT2D eigenvalue weighted by molar-refractivity contribution is -0.131. The van der Waals surface area contributed by atoms with Gasteiger partial charge in [0.1, 0.15) is 0 Å². The molecule has 1 aliphatic heterocycles. The molecule has 0 saturated carbocycles. The zero-order valence-electron chi connectivity index (χ0n) is 17.8. The van der Waals surface area contributed by atoms with E-state index in [1.807, 2.05) is 35.4 Å². The third-order valence-electron chi connectivity index (χ3n) is 6.36. The molecular weight excluding hydrogens is 382 g/mol. The molecule has 1 N–H and O–H groups in total. The van der Waals surface area contributed by atoms with Gasteiger partial charge < -0.3 is 9.88 Å². The first-order valence-electron chi connectivity index (χ1n) is 11.0. The van der Waals surface area contributed by atoms with Crippen LogP contribution in [0.25, 0.3) is 22.0 Å². The van der Waals surface area contributed by atoms with E-state index in [1.165, 1.54) is 11.1 Å². The van der Waals surface area contributed by atoms with Crippen molar-refractivity contribution in [1.29, 1.82) is 0 Å². The Morgan fingerprint density at radius 1 is 1.00 bits per heavy atom. The van der Waals surface area contributed by atoms with Crippen molar-refractivity contribution < 1.29 is 4.79 Å². The van der Waals surface area contributed by atoms with Crippen LogP contribution in [0.1, 0.15) is 35.7 Å². The van der Waals surface area contributed by atoms with Crippen LogP contribution in [0, 0.1) is 6.92 Å². The molecule has 4 heteroatoms. The third kappa shape index (κ3) is 4.11. The summed E-state index contributed by atoms with van der Waals surface area (Å²) in [6.45, 7) is 3.65. The van der Waals surface area contributed by atoms with Crippen LogP contribution in [-0.4, -0.2) is 33.9 Å². The number of piperidine rings is 1. The molecule has 31 heavy (non-hydrogen) atoms. The summed E-state index contributed by atoms with van der Waals surface area (Å²) in [5, 5.41) is 1.14. The number of H-pyrrole nitrogens is 1. The summed E-state index contributed by atoms with van der Waals surface area (Å²) >= 11 is 0. The molecule has 4 aromatic rings. The molecule has 1 aliphatic rings. The first kappa shape index (κ1) is 19.6. The number of benzene rings is 2. The number of aryl methyl sites for hydroxylation is 1. The fraction of sp³-hybridized carbons (Fsp3) is 0.259. The molecule has 0 bridgehead atoms. The van der Waals surface area contributed by atoms with Crippen molar-refractivity contribution >= 4 is 16.8 Å². The Labute approximate surface area is 182 Å². The molecule has 1 amide bonds. The number of nitrogens with one attached hydrogen (secondary N) is 1. The molecule has 0 radical (unpaired) electrons. The van der Waals surface area contributed by atoms with Gasteiger partial charge in [0.2, 0.25) is 5.91 Å². The van der Waals surface area contributed by atoms with Crippen LogP contribution in [0.3, 0.4) is 0 Å². The van der Waals surface area contributed by atoms with E-state index in [2.05, 4.69) is 54.4 Å². The molecule has 0 unspecified atom stereocenters. The minimum atomic E-state index is 0.213. The predicted octanol–water partition coefficient (Wildman–Crippen LogP) is 5.49. The summed E-state index contributed by atoms with van der Waals surface area (Å²) < 4.78 is 0. The molecule has 0 spiro atoms. The van der Waals surface area contributed by atoms with Gasteiger partial charge in [-0.3, -0.25) is 9.78 Å². The molecule has 2 aromatic carbocycles. The Bertz CT molecular complexity index is 1200. The molecule has 1 fully saturated rings. The number of hydrogen-bond donors (Lipinski definition) is 1. The van der Waals surface area contributed by atoms with Crippen LogP contribution < -0.4 is 0 Å². The summed E-state index contributed by atoms with van der Waals surface area (Å²) in [5.41, 5.74) is 6.82. The average molecular weight is 410 g/mol. The fourth-order valence-electron chi connectivity index (χ4n) is 4.68. The monoisotopic (exact) mass is 409 g/mol. The highest BCUT2D eigenvalue weighted by atomic mass is 16.2. The molecule has 2 aromatic heterocycles. The quantitative estimate of drug-likeness (QED) is 0.485. The molecule has 0 aliphatic carbocycles. The zero-order chi connectivity index (χ0) is 21.2. The van der Waals surface area contributed by atoms with Gasteiger partial charge in [-0.25, -0.2) is 0 Å². The summed E-state index contributed by atoms with van der Waals surface area (Å²) in [6.07, 6.45) is 4.35. The topological polar surface area (TPSA) is 49.0 Å². The summed E-state index contributed by atoms with van der Waals surface area (Å²) in [4.78, 5) is 23.1. The van der Waals surface area contributed by atoms with Crippen LogP contribution >= 0.6 is 0 Å². The molecule has 0 atom stereocenters. The van der Waals surface area contributed by atoms with E-state index in [1.54, 1.807) is 0 Å². The Balaban J connectivity index is 1.26. The number of aromatic amines is 1. The Hall–Kier alpha value is -3.40. The second-order valence-electron chi connectivity index (χ2n) is 8.48. The Morgan fingerprint density at radius 3 is 2.55 bits per heavy atom.